The van der Waals surface area contributed by atoms with E-state index >= 15 is 0 Å². The molecule has 1 heterocycles. The third-order valence-electron chi connectivity index (χ3n) is 4.88. The van der Waals surface area contributed by atoms with Gasteiger partial charge >= 0.3 is 0 Å². The highest BCUT2D eigenvalue weighted by molar-refractivity contribution is 5.31. The van der Waals surface area contributed by atoms with Crippen molar-refractivity contribution in [2.75, 3.05) is 26.8 Å². The first kappa shape index (κ1) is 14.8. The van der Waals surface area contributed by atoms with Crippen LogP contribution in [-0.4, -0.2) is 43.9 Å². The fourth-order valence-corrected chi connectivity index (χ4v) is 3.83. The van der Waals surface area contributed by atoms with Crippen LogP contribution < -0.4 is 10.5 Å². The molecule has 2 N–H and O–H groups in total. The molecule has 1 saturated heterocycles. The Kier molecular flexibility index (Phi) is 4.78. The van der Waals surface area contributed by atoms with Gasteiger partial charge in [-0.05, 0) is 30.5 Å². The maximum absolute atomic E-state index is 6.13. The number of hydrogen-bond acceptors (Lipinski definition) is 4. The molecule has 4 heteroatoms. The van der Waals surface area contributed by atoms with Gasteiger partial charge in [0.05, 0.1) is 19.8 Å². The molecule has 1 aliphatic carbocycles. The van der Waals surface area contributed by atoms with Crippen molar-refractivity contribution in [2.24, 2.45) is 5.73 Å². The molecule has 1 saturated carbocycles. The van der Waals surface area contributed by atoms with Gasteiger partial charge in [-0.2, -0.15) is 0 Å². The molecule has 4 nitrogen and oxygen atoms in total. The van der Waals surface area contributed by atoms with Gasteiger partial charge in [0.2, 0.25) is 0 Å². The van der Waals surface area contributed by atoms with Gasteiger partial charge in [0.15, 0.2) is 0 Å². The third-order valence-corrected chi connectivity index (χ3v) is 4.88. The molecule has 1 aromatic rings. The number of benzene rings is 1. The summed E-state index contributed by atoms with van der Waals surface area (Å²) in [4.78, 5) is 2.57. The first-order valence-corrected chi connectivity index (χ1v) is 8.05. The number of fused-ring (bicyclic) bond motifs is 1. The maximum Gasteiger partial charge on any atom is 0.119 e. The van der Waals surface area contributed by atoms with E-state index in [2.05, 4.69) is 23.1 Å². The Hall–Kier alpha value is -1.10. The number of nitrogens with two attached hydrogens (primary N) is 1. The van der Waals surface area contributed by atoms with Crippen LogP contribution in [0.4, 0.5) is 0 Å². The summed E-state index contributed by atoms with van der Waals surface area (Å²) < 4.78 is 11.3. The standard InChI is InChI=1S/C17H26N2O2/c1-20-14-6-4-5-13(11-14)16(12-18)19-9-10-21-17-8-3-2-7-15(17)19/h4-6,11,15-17H,2-3,7-10,12,18H2,1H3. The summed E-state index contributed by atoms with van der Waals surface area (Å²) >= 11 is 0. The van der Waals surface area contributed by atoms with Crippen LogP contribution in [0.5, 0.6) is 5.75 Å². The largest absolute Gasteiger partial charge is 0.497 e. The van der Waals surface area contributed by atoms with Gasteiger partial charge < -0.3 is 15.2 Å². The number of nitrogens with zero attached hydrogens (tertiary/aromatic N) is 1. The Morgan fingerprint density at radius 2 is 2.24 bits per heavy atom. The van der Waals surface area contributed by atoms with Gasteiger partial charge in [-0.25, -0.2) is 0 Å². The lowest BCUT2D eigenvalue weighted by atomic mass is 9.88. The zero-order valence-corrected chi connectivity index (χ0v) is 12.8. The van der Waals surface area contributed by atoms with E-state index in [-0.39, 0.29) is 6.04 Å². The van der Waals surface area contributed by atoms with Crippen molar-refractivity contribution in [2.45, 2.75) is 43.9 Å². The minimum Gasteiger partial charge on any atom is -0.497 e. The first-order valence-electron chi connectivity index (χ1n) is 8.05. The zero-order valence-electron chi connectivity index (χ0n) is 12.8. The lowest BCUT2D eigenvalue weighted by molar-refractivity contribution is -0.102. The monoisotopic (exact) mass is 290 g/mol. The lowest BCUT2D eigenvalue weighted by Crippen LogP contribution is -2.54. The second kappa shape index (κ2) is 6.77. The number of rotatable bonds is 4. The van der Waals surface area contributed by atoms with Gasteiger partial charge in [0.1, 0.15) is 5.75 Å². The predicted molar refractivity (Wildman–Crippen MR) is 83.5 cm³/mol. The SMILES string of the molecule is COc1cccc(C(CN)N2CCOC3CCCCC32)c1. The van der Waals surface area contributed by atoms with Gasteiger partial charge in [-0.1, -0.05) is 25.0 Å². The molecule has 1 aromatic carbocycles. The van der Waals surface area contributed by atoms with E-state index in [0.717, 1.165) is 18.9 Å². The van der Waals surface area contributed by atoms with Gasteiger partial charge in [-0.3, -0.25) is 4.90 Å². The van der Waals surface area contributed by atoms with E-state index in [4.69, 9.17) is 15.2 Å². The second-order valence-electron chi connectivity index (χ2n) is 6.03. The third kappa shape index (κ3) is 3.07. The van der Waals surface area contributed by atoms with Crippen LogP contribution in [0.3, 0.4) is 0 Å². The average molecular weight is 290 g/mol. The van der Waals surface area contributed by atoms with Crippen LogP contribution in [0.25, 0.3) is 0 Å². The summed E-state index contributed by atoms with van der Waals surface area (Å²) in [5.41, 5.74) is 7.38. The van der Waals surface area contributed by atoms with Gasteiger partial charge in [0.25, 0.3) is 0 Å². The summed E-state index contributed by atoms with van der Waals surface area (Å²) in [5, 5.41) is 0. The Morgan fingerprint density at radius 3 is 3.05 bits per heavy atom. The molecule has 1 aliphatic heterocycles. The Bertz CT molecular complexity index is 464. The molecule has 0 radical (unpaired) electrons. The molecular formula is C17H26N2O2. The smallest absolute Gasteiger partial charge is 0.119 e. The molecule has 21 heavy (non-hydrogen) atoms. The highest BCUT2D eigenvalue weighted by atomic mass is 16.5. The Morgan fingerprint density at radius 1 is 1.38 bits per heavy atom. The van der Waals surface area contributed by atoms with Crippen LogP contribution in [0, 0.1) is 0 Å². The van der Waals surface area contributed by atoms with Crippen LogP contribution >= 0.6 is 0 Å². The minimum atomic E-state index is 0.259. The number of methoxy groups -OCH3 is 1. The average Bonchev–Trinajstić information content (AvgIpc) is 2.56. The molecule has 3 atom stereocenters. The van der Waals surface area contributed by atoms with Crippen molar-refractivity contribution in [1.82, 2.24) is 4.90 Å². The van der Waals surface area contributed by atoms with E-state index in [0.29, 0.717) is 18.7 Å². The molecular weight excluding hydrogens is 264 g/mol. The van der Waals surface area contributed by atoms with Crippen LogP contribution in [0.15, 0.2) is 24.3 Å². The second-order valence-corrected chi connectivity index (χ2v) is 6.03. The molecule has 3 unspecified atom stereocenters. The molecule has 0 amide bonds. The van der Waals surface area contributed by atoms with Crippen molar-refractivity contribution in [3.63, 3.8) is 0 Å². The van der Waals surface area contributed by atoms with Crippen LogP contribution in [0.1, 0.15) is 37.3 Å². The number of morpholine rings is 1. The molecule has 2 aliphatic rings. The topological polar surface area (TPSA) is 47.7 Å². The molecule has 0 aromatic heterocycles. The van der Waals surface area contributed by atoms with Crippen LogP contribution in [-0.2, 0) is 4.74 Å². The van der Waals surface area contributed by atoms with Crippen molar-refractivity contribution in [1.29, 1.82) is 0 Å². The van der Waals surface area contributed by atoms with E-state index in [1.165, 1.54) is 31.2 Å². The summed E-state index contributed by atoms with van der Waals surface area (Å²) in [5.74, 6) is 0.902. The van der Waals surface area contributed by atoms with E-state index < -0.39 is 0 Å². The number of hydrogen-bond donors (Lipinski definition) is 1. The van der Waals surface area contributed by atoms with Crippen molar-refractivity contribution in [3.8, 4) is 5.75 Å². The normalized spacial score (nSPS) is 27.9. The highest BCUT2D eigenvalue weighted by Gasteiger charge is 2.37. The summed E-state index contributed by atoms with van der Waals surface area (Å²) in [6, 6.07) is 9.09. The van der Waals surface area contributed by atoms with E-state index in [1.54, 1.807) is 7.11 Å². The summed E-state index contributed by atoms with van der Waals surface area (Å²) in [7, 11) is 1.71. The number of ether oxygens (including phenoxy) is 2. The fourth-order valence-electron chi connectivity index (χ4n) is 3.83. The molecule has 3 rings (SSSR count). The van der Waals surface area contributed by atoms with Gasteiger partial charge in [0, 0.05) is 25.2 Å². The minimum absolute atomic E-state index is 0.259. The van der Waals surface area contributed by atoms with Crippen molar-refractivity contribution < 1.29 is 9.47 Å². The van der Waals surface area contributed by atoms with Gasteiger partial charge in [-0.15, -0.1) is 0 Å². The fraction of sp³-hybridized carbons (Fsp3) is 0.647. The zero-order chi connectivity index (χ0) is 14.7. The lowest BCUT2D eigenvalue weighted by Gasteiger charge is -2.47. The maximum atomic E-state index is 6.13. The van der Waals surface area contributed by atoms with Crippen molar-refractivity contribution >= 4 is 0 Å². The van der Waals surface area contributed by atoms with E-state index in [1.807, 2.05) is 6.07 Å². The molecule has 0 spiro atoms. The quantitative estimate of drug-likeness (QED) is 0.924. The predicted octanol–water partition coefficient (Wildman–Crippen LogP) is 2.34. The Labute approximate surface area is 127 Å². The summed E-state index contributed by atoms with van der Waals surface area (Å²) in [6.45, 7) is 2.43. The molecule has 2 fully saturated rings. The summed E-state index contributed by atoms with van der Waals surface area (Å²) in [6.07, 6.45) is 5.41. The molecule has 116 valence electrons. The highest BCUT2D eigenvalue weighted by Crippen LogP contribution is 2.34. The van der Waals surface area contributed by atoms with E-state index in [9.17, 15) is 0 Å². The van der Waals surface area contributed by atoms with Crippen LogP contribution in [0.2, 0.25) is 0 Å². The Balaban J connectivity index is 1.83. The first-order chi connectivity index (χ1) is 10.3. The van der Waals surface area contributed by atoms with Crippen molar-refractivity contribution in [3.05, 3.63) is 29.8 Å². The molecule has 0 bridgehead atoms.